The molecule has 2 heteroatoms. The third kappa shape index (κ3) is 2.02. The van der Waals surface area contributed by atoms with Crippen molar-refractivity contribution in [3.8, 4) is 0 Å². The Morgan fingerprint density at radius 2 is 2.00 bits per heavy atom. The molecule has 4 heavy (non-hydrogen) atoms. The van der Waals surface area contributed by atoms with Gasteiger partial charge < -0.3 is 5.11 Å². The van der Waals surface area contributed by atoms with Crippen molar-refractivity contribution in [1.29, 1.82) is 0 Å². The topological polar surface area (TPSA) is 20.2 Å². The summed E-state index contributed by atoms with van der Waals surface area (Å²) in [7, 11) is 4.78. The zero-order chi connectivity index (χ0) is 3.41. The van der Waals surface area contributed by atoms with Crippen LogP contribution >= 0.6 is 0 Å². The van der Waals surface area contributed by atoms with Gasteiger partial charge in [0.05, 0.1) is 7.85 Å². The molecule has 0 bridgehead atoms. The van der Waals surface area contributed by atoms with E-state index in [1.807, 2.05) is 0 Å². The molecule has 0 aliphatic heterocycles. The van der Waals surface area contributed by atoms with Gasteiger partial charge in [0.25, 0.3) is 0 Å². The minimum Gasteiger partial charge on any atom is -0.397 e. The molecule has 0 heterocycles. The average molecular weight is 55.9 g/mol. The van der Waals surface area contributed by atoms with Gasteiger partial charge in [-0.25, -0.2) is 0 Å². The van der Waals surface area contributed by atoms with Gasteiger partial charge in [-0.15, -0.1) is 0 Å². The highest BCUT2D eigenvalue weighted by molar-refractivity contribution is 6.08. The quantitative estimate of drug-likeness (QED) is 0.404. The maximum Gasteiger partial charge on any atom is 0.0683 e. The fourth-order valence-corrected chi connectivity index (χ4v) is 0. The molecule has 1 nitrogen and oxygen atoms in total. The predicted octanol–water partition coefficient (Wildman–Crippen LogP) is -0.435. The summed E-state index contributed by atoms with van der Waals surface area (Å²) >= 11 is 0. The average Bonchev–Trinajstić information content (AvgIpc) is 1.37. The van der Waals surface area contributed by atoms with E-state index in [2.05, 4.69) is 0 Å². The van der Waals surface area contributed by atoms with Crippen LogP contribution in [0.25, 0.3) is 0 Å². The van der Waals surface area contributed by atoms with Gasteiger partial charge in [0, 0.05) is 6.61 Å². The summed E-state index contributed by atoms with van der Waals surface area (Å²) in [6, 6.07) is 0. The molecule has 2 radical (unpaired) electrons. The Labute approximate surface area is 27.1 Å². The van der Waals surface area contributed by atoms with E-state index in [1.54, 1.807) is 0 Å². The molecule has 0 aromatic heterocycles. The Morgan fingerprint density at radius 3 is 2.00 bits per heavy atom. The van der Waals surface area contributed by atoms with Crippen LogP contribution in [0, 0.1) is 0 Å². The highest BCUT2D eigenvalue weighted by atomic mass is 16.2. The van der Waals surface area contributed by atoms with E-state index in [0.29, 0.717) is 6.32 Å². The van der Waals surface area contributed by atoms with Crippen LogP contribution in [0.3, 0.4) is 0 Å². The molecule has 0 aromatic rings. The van der Waals surface area contributed by atoms with Crippen LogP contribution in [-0.2, 0) is 0 Å². The summed E-state index contributed by atoms with van der Waals surface area (Å²) in [5.74, 6) is 0. The zero-order valence-corrected chi connectivity index (χ0v) is 2.44. The van der Waals surface area contributed by atoms with Crippen LogP contribution in [0.15, 0.2) is 0 Å². The zero-order valence-electron chi connectivity index (χ0n) is 2.44. The first-order chi connectivity index (χ1) is 1.91. The van der Waals surface area contributed by atoms with Crippen molar-refractivity contribution >= 4 is 7.85 Å². The lowest BCUT2D eigenvalue weighted by atomic mass is 10.1. The first kappa shape index (κ1) is 4.02. The summed E-state index contributed by atoms with van der Waals surface area (Å²) in [4.78, 5) is 0. The monoisotopic (exact) mass is 56.0 g/mol. The molecule has 22 valence electrons. The van der Waals surface area contributed by atoms with Crippen LogP contribution in [0.2, 0.25) is 6.32 Å². The summed E-state index contributed by atoms with van der Waals surface area (Å²) in [5.41, 5.74) is 0. The molecule has 0 unspecified atom stereocenters. The number of hydrogen-bond acceptors (Lipinski definition) is 1. The Bertz CT molecular complexity index is 8.00. The summed E-state index contributed by atoms with van der Waals surface area (Å²) < 4.78 is 0. The molecule has 0 aromatic carbocycles. The minimum absolute atomic E-state index is 0.0972. The second-order valence-corrected chi connectivity index (χ2v) is 0.512. The standard InChI is InChI=1S/C2H5BO/c3-1-2-4/h4H,1-2H2. The highest BCUT2D eigenvalue weighted by Gasteiger charge is 1.57. The maximum absolute atomic E-state index is 7.75. The lowest BCUT2D eigenvalue weighted by Gasteiger charge is -1.69. The third-order valence-electron chi connectivity index (χ3n) is 0.129. The van der Waals surface area contributed by atoms with Gasteiger partial charge in [0.2, 0.25) is 0 Å². The Kier molecular flexibility index (Phi) is 3.04. The molecule has 0 fully saturated rings. The Morgan fingerprint density at radius 1 is 1.75 bits per heavy atom. The van der Waals surface area contributed by atoms with Gasteiger partial charge >= 0.3 is 0 Å². The molecule has 0 aliphatic rings. The van der Waals surface area contributed by atoms with Gasteiger partial charge in [-0.3, -0.25) is 0 Å². The van der Waals surface area contributed by atoms with E-state index < -0.39 is 0 Å². The lowest BCUT2D eigenvalue weighted by molar-refractivity contribution is 0.319. The fourth-order valence-electron chi connectivity index (χ4n) is 0. The molecule has 1 N–H and O–H groups in total. The van der Waals surface area contributed by atoms with Crippen molar-refractivity contribution in [2.75, 3.05) is 6.61 Å². The van der Waals surface area contributed by atoms with Crippen molar-refractivity contribution in [3.63, 3.8) is 0 Å². The molecular weight excluding hydrogens is 50.8 g/mol. The summed E-state index contributed by atoms with van der Waals surface area (Å²) in [5, 5.41) is 7.75. The van der Waals surface area contributed by atoms with Gasteiger partial charge in [0.1, 0.15) is 0 Å². The largest absolute Gasteiger partial charge is 0.397 e. The van der Waals surface area contributed by atoms with E-state index in [9.17, 15) is 0 Å². The smallest absolute Gasteiger partial charge is 0.0683 e. The molecule has 0 aliphatic carbocycles. The van der Waals surface area contributed by atoms with E-state index in [-0.39, 0.29) is 6.61 Å². The first-order valence-electron chi connectivity index (χ1n) is 1.22. The van der Waals surface area contributed by atoms with Crippen molar-refractivity contribution in [3.05, 3.63) is 0 Å². The normalized spacial score (nSPS) is 7.25. The first-order valence-corrected chi connectivity index (χ1v) is 1.22. The van der Waals surface area contributed by atoms with E-state index in [1.165, 1.54) is 0 Å². The second-order valence-electron chi connectivity index (χ2n) is 0.512. The van der Waals surface area contributed by atoms with Crippen molar-refractivity contribution in [2.24, 2.45) is 0 Å². The van der Waals surface area contributed by atoms with Gasteiger partial charge in [-0.1, -0.05) is 6.32 Å². The van der Waals surface area contributed by atoms with Crippen LogP contribution in [0.1, 0.15) is 0 Å². The van der Waals surface area contributed by atoms with Crippen LogP contribution in [0.5, 0.6) is 0 Å². The van der Waals surface area contributed by atoms with Crippen LogP contribution in [0.4, 0.5) is 0 Å². The van der Waals surface area contributed by atoms with E-state index in [0.717, 1.165) is 0 Å². The van der Waals surface area contributed by atoms with Crippen molar-refractivity contribution < 1.29 is 5.11 Å². The minimum atomic E-state index is 0.0972. The van der Waals surface area contributed by atoms with Crippen molar-refractivity contribution in [1.82, 2.24) is 0 Å². The summed E-state index contributed by atoms with van der Waals surface area (Å²) in [6.45, 7) is 0.0972. The molecular formula is C2H5BO. The van der Waals surface area contributed by atoms with Gasteiger partial charge in [-0.05, 0) is 0 Å². The lowest BCUT2D eigenvalue weighted by Crippen LogP contribution is -1.73. The fraction of sp³-hybridized carbons (Fsp3) is 1.00. The van der Waals surface area contributed by atoms with Crippen LogP contribution in [-0.4, -0.2) is 19.6 Å². The number of rotatable bonds is 1. The second kappa shape index (κ2) is 3.02. The maximum atomic E-state index is 7.75. The molecule has 0 saturated carbocycles. The van der Waals surface area contributed by atoms with E-state index >= 15 is 0 Å². The van der Waals surface area contributed by atoms with Gasteiger partial charge in [0.15, 0.2) is 0 Å². The molecule has 0 amide bonds. The van der Waals surface area contributed by atoms with Crippen LogP contribution < -0.4 is 0 Å². The molecule has 0 saturated heterocycles. The number of hydrogen-bond donors (Lipinski definition) is 1. The van der Waals surface area contributed by atoms with Crippen molar-refractivity contribution in [2.45, 2.75) is 6.32 Å². The molecule has 0 rings (SSSR count). The van der Waals surface area contributed by atoms with E-state index in [4.69, 9.17) is 13.0 Å². The third-order valence-corrected chi connectivity index (χ3v) is 0.129. The SMILES string of the molecule is [B]CCO. The highest BCUT2D eigenvalue weighted by Crippen LogP contribution is 1.56. The predicted molar refractivity (Wildman–Crippen MR) is 17.6 cm³/mol. The Hall–Kier alpha value is 0.0249. The molecule has 0 atom stereocenters. The Balaban J connectivity index is 1.97. The number of aliphatic hydroxyl groups excluding tert-OH is 1. The number of aliphatic hydroxyl groups is 1. The molecule has 0 spiro atoms. The summed E-state index contributed by atoms with van der Waals surface area (Å²) in [6.07, 6.45) is 0.375. The van der Waals surface area contributed by atoms with Gasteiger partial charge in [-0.2, -0.15) is 0 Å².